The van der Waals surface area contributed by atoms with E-state index in [4.69, 9.17) is 9.47 Å². The first-order chi connectivity index (χ1) is 13.9. The average molecular weight is 591 g/mol. The average Bonchev–Trinajstić information content (AvgIpc) is 3.19. The molecular formula is C20H19Br3N2O4. The fourth-order valence-electron chi connectivity index (χ4n) is 2.89. The first kappa shape index (κ1) is 22.3. The maximum Gasteiger partial charge on any atom is 0.262 e. The van der Waals surface area contributed by atoms with E-state index in [0.717, 1.165) is 23.9 Å². The molecule has 1 atom stereocenters. The van der Waals surface area contributed by atoms with Gasteiger partial charge in [0, 0.05) is 17.6 Å². The van der Waals surface area contributed by atoms with Crippen molar-refractivity contribution in [2.24, 2.45) is 0 Å². The molecule has 29 heavy (non-hydrogen) atoms. The lowest BCUT2D eigenvalue weighted by Gasteiger charge is -2.14. The molecule has 0 bridgehead atoms. The molecule has 2 aromatic carbocycles. The highest BCUT2D eigenvalue weighted by atomic mass is 79.9. The molecule has 1 heterocycles. The third-order valence-electron chi connectivity index (χ3n) is 4.27. The minimum absolute atomic E-state index is 0.0527. The Morgan fingerprint density at radius 3 is 2.55 bits per heavy atom. The molecule has 1 aliphatic heterocycles. The molecule has 1 unspecified atom stereocenters. The second-order valence-corrected chi connectivity index (χ2v) is 9.05. The third-order valence-corrected chi connectivity index (χ3v) is 5.91. The van der Waals surface area contributed by atoms with Crippen LogP contribution >= 0.6 is 47.8 Å². The van der Waals surface area contributed by atoms with E-state index in [2.05, 4.69) is 58.4 Å². The molecule has 2 amide bonds. The monoisotopic (exact) mass is 588 g/mol. The zero-order chi connectivity index (χ0) is 20.8. The minimum Gasteiger partial charge on any atom is -0.481 e. The molecule has 1 fully saturated rings. The number of benzene rings is 2. The van der Waals surface area contributed by atoms with E-state index in [-0.39, 0.29) is 24.5 Å². The number of halogens is 3. The topological polar surface area (TPSA) is 76.7 Å². The molecule has 1 aliphatic rings. The molecule has 6 nitrogen and oxygen atoms in total. The van der Waals surface area contributed by atoms with Crippen molar-refractivity contribution >= 4 is 65.3 Å². The van der Waals surface area contributed by atoms with Gasteiger partial charge in [0.25, 0.3) is 11.8 Å². The van der Waals surface area contributed by atoms with Gasteiger partial charge in [-0.25, -0.2) is 0 Å². The van der Waals surface area contributed by atoms with E-state index in [0.29, 0.717) is 32.5 Å². The van der Waals surface area contributed by atoms with Gasteiger partial charge in [-0.05, 0) is 69.0 Å². The number of nitrogens with one attached hydrogen (secondary N) is 2. The zero-order valence-electron chi connectivity index (χ0n) is 15.3. The standard InChI is InChI=1S/C20H19Br3N2O4/c21-12-8-15(22)19(16(23)9-12)29-11-18(26)25-17-6-2-1-5-14(17)20(27)24-10-13-4-3-7-28-13/h1-2,5-6,8-9,13H,3-4,7,10-11H2,(H,24,27)(H,25,26). The van der Waals surface area contributed by atoms with Crippen LogP contribution in [0.25, 0.3) is 0 Å². The number of para-hydroxylation sites is 1. The van der Waals surface area contributed by atoms with E-state index in [1.165, 1.54) is 0 Å². The molecule has 154 valence electrons. The number of carbonyl (C=O) groups excluding carboxylic acids is 2. The Kier molecular flexibility index (Phi) is 8.11. The number of amides is 2. The van der Waals surface area contributed by atoms with Crippen LogP contribution in [0, 0.1) is 0 Å². The van der Waals surface area contributed by atoms with Crippen molar-refractivity contribution in [2.75, 3.05) is 25.1 Å². The van der Waals surface area contributed by atoms with Crippen LogP contribution in [0.15, 0.2) is 49.8 Å². The molecule has 2 N–H and O–H groups in total. The lowest BCUT2D eigenvalue weighted by molar-refractivity contribution is -0.118. The predicted molar refractivity (Wildman–Crippen MR) is 121 cm³/mol. The van der Waals surface area contributed by atoms with Gasteiger partial charge in [-0.15, -0.1) is 0 Å². The summed E-state index contributed by atoms with van der Waals surface area (Å²) in [6.45, 7) is 0.984. The summed E-state index contributed by atoms with van der Waals surface area (Å²) in [6.07, 6.45) is 2.01. The van der Waals surface area contributed by atoms with Crippen LogP contribution in [0.4, 0.5) is 5.69 Å². The second kappa shape index (κ2) is 10.6. The molecule has 0 aliphatic carbocycles. The summed E-state index contributed by atoms with van der Waals surface area (Å²) in [5.41, 5.74) is 0.824. The summed E-state index contributed by atoms with van der Waals surface area (Å²) in [4.78, 5) is 24.9. The first-order valence-electron chi connectivity index (χ1n) is 9.00. The molecule has 1 saturated heterocycles. The SMILES string of the molecule is O=C(COc1c(Br)cc(Br)cc1Br)Nc1ccccc1C(=O)NCC1CCCO1. The van der Waals surface area contributed by atoms with Crippen molar-refractivity contribution in [3.63, 3.8) is 0 Å². The molecule has 0 saturated carbocycles. The largest absolute Gasteiger partial charge is 0.481 e. The van der Waals surface area contributed by atoms with Crippen LogP contribution < -0.4 is 15.4 Å². The van der Waals surface area contributed by atoms with Crippen molar-refractivity contribution in [2.45, 2.75) is 18.9 Å². The first-order valence-corrected chi connectivity index (χ1v) is 11.4. The quantitative estimate of drug-likeness (QED) is 0.481. The second-order valence-electron chi connectivity index (χ2n) is 6.43. The summed E-state index contributed by atoms with van der Waals surface area (Å²) in [6, 6.07) is 10.5. The van der Waals surface area contributed by atoms with Gasteiger partial charge in [-0.1, -0.05) is 28.1 Å². The Morgan fingerprint density at radius 1 is 1.14 bits per heavy atom. The lowest BCUT2D eigenvalue weighted by atomic mass is 10.1. The molecule has 9 heteroatoms. The van der Waals surface area contributed by atoms with E-state index >= 15 is 0 Å². The van der Waals surface area contributed by atoms with Gasteiger partial charge in [-0.3, -0.25) is 9.59 Å². The number of carbonyl (C=O) groups is 2. The summed E-state index contributed by atoms with van der Waals surface area (Å²) in [5, 5.41) is 5.61. The van der Waals surface area contributed by atoms with Crippen LogP contribution in [0.1, 0.15) is 23.2 Å². The summed E-state index contributed by atoms with van der Waals surface area (Å²) >= 11 is 10.2. The lowest BCUT2D eigenvalue weighted by Crippen LogP contribution is -2.32. The fourth-order valence-corrected chi connectivity index (χ4v) is 5.38. The molecular weight excluding hydrogens is 572 g/mol. The maximum atomic E-state index is 12.5. The van der Waals surface area contributed by atoms with Gasteiger partial charge in [0.1, 0.15) is 5.75 Å². The highest BCUT2D eigenvalue weighted by Gasteiger charge is 2.19. The van der Waals surface area contributed by atoms with Gasteiger partial charge in [0.2, 0.25) is 0 Å². The van der Waals surface area contributed by atoms with Crippen molar-refractivity contribution in [1.29, 1.82) is 0 Å². The van der Waals surface area contributed by atoms with Crippen molar-refractivity contribution in [3.05, 3.63) is 55.4 Å². The van der Waals surface area contributed by atoms with E-state index < -0.39 is 0 Å². The highest BCUT2D eigenvalue weighted by molar-refractivity contribution is 9.11. The smallest absolute Gasteiger partial charge is 0.262 e. The van der Waals surface area contributed by atoms with Gasteiger partial charge >= 0.3 is 0 Å². The van der Waals surface area contributed by atoms with E-state index in [1.807, 2.05) is 12.1 Å². The van der Waals surface area contributed by atoms with Crippen LogP contribution in [0.2, 0.25) is 0 Å². The number of anilines is 1. The summed E-state index contributed by atoms with van der Waals surface area (Å²) in [5.74, 6) is -0.104. The van der Waals surface area contributed by atoms with Crippen LogP contribution in [0.3, 0.4) is 0 Å². The van der Waals surface area contributed by atoms with Crippen LogP contribution in [-0.2, 0) is 9.53 Å². The Morgan fingerprint density at radius 2 is 1.86 bits per heavy atom. The van der Waals surface area contributed by atoms with Crippen LogP contribution in [-0.4, -0.2) is 37.7 Å². The molecule has 0 spiro atoms. The Hall–Kier alpha value is -1.42. The van der Waals surface area contributed by atoms with Gasteiger partial charge < -0.3 is 20.1 Å². The molecule has 0 radical (unpaired) electrons. The van der Waals surface area contributed by atoms with Gasteiger partial charge in [-0.2, -0.15) is 0 Å². The summed E-state index contributed by atoms with van der Waals surface area (Å²) in [7, 11) is 0. The fraction of sp³-hybridized carbons (Fsp3) is 0.300. The number of ether oxygens (including phenoxy) is 2. The Balaban J connectivity index is 1.59. The van der Waals surface area contributed by atoms with Crippen molar-refractivity contribution in [1.82, 2.24) is 5.32 Å². The molecule has 3 rings (SSSR count). The minimum atomic E-state index is -0.369. The maximum absolute atomic E-state index is 12.5. The highest BCUT2D eigenvalue weighted by Crippen LogP contribution is 2.36. The van der Waals surface area contributed by atoms with E-state index in [9.17, 15) is 9.59 Å². The normalized spacial score (nSPS) is 15.8. The van der Waals surface area contributed by atoms with Crippen LogP contribution in [0.5, 0.6) is 5.75 Å². The number of hydrogen-bond acceptors (Lipinski definition) is 4. The molecule has 2 aromatic rings. The zero-order valence-corrected chi connectivity index (χ0v) is 20.1. The predicted octanol–water partition coefficient (Wildman–Crippen LogP) is 4.90. The van der Waals surface area contributed by atoms with Gasteiger partial charge in [0.15, 0.2) is 6.61 Å². The van der Waals surface area contributed by atoms with Crippen molar-refractivity contribution in [3.8, 4) is 5.75 Å². The van der Waals surface area contributed by atoms with Crippen molar-refractivity contribution < 1.29 is 19.1 Å². The third kappa shape index (κ3) is 6.28. The summed E-state index contributed by atoms with van der Waals surface area (Å²) < 4.78 is 13.4. The van der Waals surface area contributed by atoms with Gasteiger partial charge in [0.05, 0.1) is 26.3 Å². The molecule has 0 aromatic heterocycles. The Bertz CT molecular complexity index is 878. The number of rotatable bonds is 7. The Labute approximate surface area is 194 Å². The number of hydrogen-bond donors (Lipinski definition) is 2. The van der Waals surface area contributed by atoms with E-state index in [1.54, 1.807) is 24.3 Å².